The summed E-state index contributed by atoms with van der Waals surface area (Å²) in [6, 6.07) is 22.4. The molecule has 2 aromatic heterocycles. The van der Waals surface area contributed by atoms with Gasteiger partial charge in [0.05, 0.1) is 6.26 Å². The van der Waals surface area contributed by atoms with Crippen molar-refractivity contribution < 1.29 is 13.4 Å². The van der Waals surface area contributed by atoms with Gasteiger partial charge in [0.2, 0.25) is 5.88 Å². The first kappa shape index (κ1) is 17.4. The highest BCUT2D eigenvalue weighted by Gasteiger charge is 2.37. The highest BCUT2D eigenvalue weighted by molar-refractivity contribution is 7.85. The number of hydrogen-bond donors (Lipinski definition) is 0. The molecule has 2 aromatic carbocycles. The Bertz CT molecular complexity index is 1030. The summed E-state index contributed by atoms with van der Waals surface area (Å²) in [5, 5.41) is 1.41. The summed E-state index contributed by atoms with van der Waals surface area (Å²) >= 11 is 0. The maximum Gasteiger partial charge on any atom is 0.265 e. The van der Waals surface area contributed by atoms with E-state index in [0.717, 1.165) is 0 Å². The van der Waals surface area contributed by atoms with Crippen LogP contribution < -0.4 is 20.9 Å². The van der Waals surface area contributed by atoms with Crippen LogP contribution in [0.15, 0.2) is 87.9 Å². The number of benzene rings is 2. The molecule has 0 saturated heterocycles. The Labute approximate surface area is 157 Å². The largest absolute Gasteiger partial charge is 0.459 e. The summed E-state index contributed by atoms with van der Waals surface area (Å²) in [7, 11) is 0.450. The Balaban J connectivity index is 2.01. The number of rotatable bonds is 5. The number of oxazole rings is 1. The Morgan fingerprint density at radius 2 is 1.44 bits per heavy atom. The van der Waals surface area contributed by atoms with Crippen LogP contribution >= 0.6 is 7.14 Å². The molecule has 0 radical (unpaired) electrons. The average Bonchev–Trinajstić information content (AvgIpc) is 3.38. The molecule has 4 rings (SSSR count). The lowest BCUT2D eigenvalue weighted by molar-refractivity contribution is 0.518. The summed E-state index contributed by atoms with van der Waals surface area (Å²) in [6.07, 6.45) is 1.56. The Morgan fingerprint density at radius 3 is 1.93 bits per heavy atom. The molecule has 27 heavy (non-hydrogen) atoms. The fourth-order valence-corrected chi connectivity index (χ4v) is 5.69. The molecule has 0 atom stereocenters. The number of aromatic nitrogens is 1. The highest BCUT2D eigenvalue weighted by atomic mass is 31.2. The zero-order valence-corrected chi connectivity index (χ0v) is 16.0. The van der Waals surface area contributed by atoms with Gasteiger partial charge in [-0.15, -0.1) is 0 Å². The third-order valence-electron chi connectivity index (χ3n) is 4.27. The summed E-state index contributed by atoms with van der Waals surface area (Å²) in [6.45, 7) is 0. The monoisotopic (exact) mass is 378 g/mol. The second-order valence-electron chi connectivity index (χ2n) is 6.30. The number of furan rings is 1. The standard InChI is InChI=1S/C21H19N2O3P/c1-23(2)21-20(22-19(26-21)18-14-9-15-25-18)27(24,16-10-5-3-6-11-16)17-12-7-4-8-13-17/h3-15H,1-2H3. The topological polar surface area (TPSA) is 59.5 Å². The first-order chi connectivity index (χ1) is 13.1. The van der Waals surface area contributed by atoms with Crippen LogP contribution in [0.5, 0.6) is 0 Å². The quantitative estimate of drug-likeness (QED) is 0.496. The van der Waals surface area contributed by atoms with Crippen molar-refractivity contribution in [3.05, 3.63) is 79.1 Å². The SMILES string of the molecule is CN(C)c1oc(-c2ccco2)nc1P(=O)(c1ccccc1)c1ccccc1. The van der Waals surface area contributed by atoms with E-state index in [9.17, 15) is 4.57 Å². The van der Waals surface area contributed by atoms with Crippen LogP contribution in [0.1, 0.15) is 0 Å². The van der Waals surface area contributed by atoms with E-state index in [0.29, 0.717) is 33.6 Å². The molecule has 0 aliphatic heterocycles. The van der Waals surface area contributed by atoms with Crippen molar-refractivity contribution in [2.45, 2.75) is 0 Å². The zero-order chi connectivity index (χ0) is 18.9. The van der Waals surface area contributed by atoms with Gasteiger partial charge in [0, 0.05) is 24.7 Å². The molecule has 136 valence electrons. The van der Waals surface area contributed by atoms with Crippen LogP contribution in [0, 0.1) is 0 Å². The lowest BCUT2D eigenvalue weighted by Gasteiger charge is -2.20. The van der Waals surface area contributed by atoms with Crippen LogP contribution in [0.4, 0.5) is 5.88 Å². The minimum absolute atomic E-state index is 0.311. The van der Waals surface area contributed by atoms with E-state index in [1.165, 1.54) is 0 Å². The zero-order valence-electron chi connectivity index (χ0n) is 15.1. The van der Waals surface area contributed by atoms with E-state index in [1.54, 1.807) is 23.3 Å². The second-order valence-corrected chi connectivity index (χ2v) is 8.97. The van der Waals surface area contributed by atoms with Crippen LogP contribution in [0.2, 0.25) is 0 Å². The van der Waals surface area contributed by atoms with Crippen molar-refractivity contribution in [3.63, 3.8) is 0 Å². The predicted octanol–water partition coefficient (Wildman–Crippen LogP) is 3.64. The van der Waals surface area contributed by atoms with Gasteiger partial charge in [0.25, 0.3) is 5.89 Å². The van der Waals surface area contributed by atoms with Crippen molar-refractivity contribution in [3.8, 4) is 11.7 Å². The third kappa shape index (κ3) is 3.00. The molecule has 0 bridgehead atoms. The van der Waals surface area contributed by atoms with Crippen LogP contribution in [-0.2, 0) is 4.57 Å². The van der Waals surface area contributed by atoms with Crippen molar-refractivity contribution in [1.29, 1.82) is 0 Å². The van der Waals surface area contributed by atoms with Crippen molar-refractivity contribution in [2.24, 2.45) is 0 Å². The van der Waals surface area contributed by atoms with Crippen molar-refractivity contribution >= 4 is 29.1 Å². The molecule has 0 spiro atoms. The molecular weight excluding hydrogens is 359 g/mol. The molecule has 0 N–H and O–H groups in total. The summed E-state index contributed by atoms with van der Waals surface area (Å²) in [5.41, 5.74) is 0.413. The number of nitrogens with zero attached hydrogens (tertiary/aromatic N) is 2. The molecule has 4 aromatic rings. The van der Waals surface area contributed by atoms with Crippen molar-refractivity contribution in [2.75, 3.05) is 19.0 Å². The molecule has 2 heterocycles. The van der Waals surface area contributed by atoms with E-state index in [4.69, 9.17) is 8.83 Å². The van der Waals surface area contributed by atoms with E-state index >= 15 is 0 Å². The molecule has 5 nitrogen and oxygen atoms in total. The van der Waals surface area contributed by atoms with Gasteiger partial charge in [-0.25, -0.2) is 4.98 Å². The van der Waals surface area contributed by atoms with Gasteiger partial charge in [-0.2, -0.15) is 0 Å². The molecule has 0 fully saturated rings. The number of anilines is 1. The van der Waals surface area contributed by atoms with Gasteiger partial charge in [0.15, 0.2) is 18.3 Å². The maximum absolute atomic E-state index is 14.5. The molecule has 0 aliphatic rings. The van der Waals surface area contributed by atoms with E-state index in [-0.39, 0.29) is 0 Å². The normalized spacial score (nSPS) is 11.5. The Kier molecular flexibility index (Phi) is 4.46. The van der Waals surface area contributed by atoms with Crippen molar-refractivity contribution in [1.82, 2.24) is 4.98 Å². The van der Waals surface area contributed by atoms with Crippen LogP contribution in [0.25, 0.3) is 11.7 Å². The Morgan fingerprint density at radius 1 is 0.852 bits per heavy atom. The number of hydrogen-bond acceptors (Lipinski definition) is 5. The van der Waals surface area contributed by atoms with E-state index in [2.05, 4.69) is 4.98 Å². The fraction of sp³-hybridized carbons (Fsp3) is 0.0952. The first-order valence-corrected chi connectivity index (χ1v) is 10.3. The molecule has 0 aliphatic carbocycles. The van der Waals surface area contributed by atoms with Crippen LogP contribution in [-0.4, -0.2) is 19.1 Å². The van der Waals surface area contributed by atoms with Gasteiger partial charge in [-0.05, 0) is 12.1 Å². The minimum atomic E-state index is -3.24. The lowest BCUT2D eigenvalue weighted by Crippen LogP contribution is -2.29. The van der Waals surface area contributed by atoms with Gasteiger partial charge >= 0.3 is 0 Å². The summed E-state index contributed by atoms with van der Waals surface area (Å²) in [5.74, 6) is 1.26. The third-order valence-corrected chi connectivity index (χ3v) is 7.21. The second kappa shape index (κ2) is 6.93. The highest BCUT2D eigenvalue weighted by Crippen LogP contribution is 2.45. The van der Waals surface area contributed by atoms with Gasteiger partial charge in [0.1, 0.15) is 0 Å². The average molecular weight is 378 g/mol. The van der Waals surface area contributed by atoms with E-state index in [1.807, 2.05) is 74.8 Å². The predicted molar refractivity (Wildman–Crippen MR) is 108 cm³/mol. The molecule has 0 unspecified atom stereocenters. The van der Waals surface area contributed by atoms with Gasteiger partial charge in [-0.1, -0.05) is 60.7 Å². The smallest absolute Gasteiger partial charge is 0.265 e. The molecule has 0 amide bonds. The lowest BCUT2D eigenvalue weighted by atomic mass is 10.4. The molecule has 0 saturated carbocycles. The minimum Gasteiger partial charge on any atom is -0.459 e. The molecule has 6 heteroatoms. The van der Waals surface area contributed by atoms with E-state index < -0.39 is 7.14 Å². The summed E-state index contributed by atoms with van der Waals surface area (Å²) < 4.78 is 25.9. The Hall–Kier alpha value is -3.04. The first-order valence-electron chi connectivity index (χ1n) is 8.54. The fourth-order valence-electron chi connectivity index (χ4n) is 2.98. The van der Waals surface area contributed by atoms with Crippen LogP contribution in [0.3, 0.4) is 0 Å². The summed E-state index contributed by atoms with van der Waals surface area (Å²) in [4.78, 5) is 6.42. The van der Waals surface area contributed by atoms with Gasteiger partial charge in [-0.3, -0.25) is 0 Å². The maximum atomic E-state index is 14.5. The molecular formula is C21H19N2O3P. The van der Waals surface area contributed by atoms with Gasteiger partial charge < -0.3 is 18.3 Å².